The fourth-order valence-corrected chi connectivity index (χ4v) is 2.72. The van der Waals surface area contributed by atoms with Crippen molar-refractivity contribution in [3.8, 4) is 0 Å². The van der Waals surface area contributed by atoms with Gasteiger partial charge >= 0.3 is 5.97 Å². The lowest BCUT2D eigenvalue weighted by Crippen LogP contribution is -2.23. The first-order valence-corrected chi connectivity index (χ1v) is 4.59. The highest BCUT2D eigenvalue weighted by atomic mass is 16.4. The van der Waals surface area contributed by atoms with Gasteiger partial charge in [0.1, 0.15) is 0 Å². The van der Waals surface area contributed by atoms with Gasteiger partial charge in [-0.25, -0.2) is 0 Å². The number of carboxylic acids is 1. The van der Waals surface area contributed by atoms with Gasteiger partial charge < -0.3 is 10.2 Å². The molecule has 12 heavy (non-hydrogen) atoms. The fraction of sp³-hybridized carbons (Fsp3) is 0.889. The van der Waals surface area contributed by atoms with Crippen LogP contribution in [0.25, 0.3) is 0 Å². The van der Waals surface area contributed by atoms with Crippen LogP contribution in [-0.4, -0.2) is 22.3 Å². The quantitative estimate of drug-likeness (QED) is 0.614. The lowest BCUT2D eigenvalue weighted by molar-refractivity contribution is -0.142. The van der Waals surface area contributed by atoms with Crippen molar-refractivity contribution in [2.24, 2.45) is 17.8 Å². The van der Waals surface area contributed by atoms with E-state index in [2.05, 4.69) is 0 Å². The topological polar surface area (TPSA) is 57.5 Å². The van der Waals surface area contributed by atoms with E-state index in [1.54, 1.807) is 0 Å². The molecular weight excluding hydrogens is 156 g/mol. The van der Waals surface area contributed by atoms with Gasteiger partial charge in [-0.15, -0.1) is 0 Å². The van der Waals surface area contributed by atoms with E-state index in [-0.39, 0.29) is 17.9 Å². The number of hydrogen-bond donors (Lipinski definition) is 2. The molecule has 0 saturated heterocycles. The van der Waals surface area contributed by atoms with Crippen molar-refractivity contribution >= 4 is 5.97 Å². The third kappa shape index (κ3) is 1.12. The van der Waals surface area contributed by atoms with Crippen molar-refractivity contribution in [2.75, 3.05) is 0 Å². The highest BCUT2D eigenvalue weighted by molar-refractivity contribution is 5.70. The molecule has 2 bridgehead atoms. The molecule has 2 N–H and O–H groups in total. The molecule has 2 saturated carbocycles. The van der Waals surface area contributed by atoms with E-state index >= 15 is 0 Å². The summed E-state index contributed by atoms with van der Waals surface area (Å²) in [5.41, 5.74) is 0. The van der Waals surface area contributed by atoms with E-state index in [4.69, 9.17) is 5.11 Å². The second-order valence-electron chi connectivity index (χ2n) is 4.08. The Labute approximate surface area is 71.4 Å². The third-order valence-electron chi connectivity index (χ3n) is 3.43. The molecule has 68 valence electrons. The molecule has 3 nitrogen and oxygen atoms in total. The summed E-state index contributed by atoms with van der Waals surface area (Å²) >= 11 is 0. The van der Waals surface area contributed by atoms with Crippen LogP contribution >= 0.6 is 0 Å². The van der Waals surface area contributed by atoms with E-state index in [1.165, 1.54) is 0 Å². The maximum Gasteiger partial charge on any atom is 0.306 e. The normalized spacial score (nSPS) is 46.1. The van der Waals surface area contributed by atoms with Gasteiger partial charge in [0.2, 0.25) is 0 Å². The van der Waals surface area contributed by atoms with E-state index in [0.29, 0.717) is 12.3 Å². The minimum absolute atomic E-state index is 0.174. The molecule has 0 spiro atoms. The van der Waals surface area contributed by atoms with Crippen molar-refractivity contribution in [3.63, 3.8) is 0 Å². The fourth-order valence-electron chi connectivity index (χ4n) is 2.72. The molecule has 0 aromatic carbocycles. The Morgan fingerprint density at radius 3 is 2.50 bits per heavy atom. The summed E-state index contributed by atoms with van der Waals surface area (Å²) in [5.74, 6) is -0.232. The van der Waals surface area contributed by atoms with Crippen LogP contribution in [0.2, 0.25) is 0 Å². The molecule has 0 heterocycles. The summed E-state index contributed by atoms with van der Waals surface area (Å²) < 4.78 is 0. The molecule has 0 amide bonds. The SMILES string of the molecule is O=C(O)[C@H]1C[C@H]2C[C@H]1CC[C@@H]2O. The highest BCUT2D eigenvalue weighted by Crippen LogP contribution is 2.45. The Morgan fingerprint density at radius 2 is 1.92 bits per heavy atom. The zero-order valence-corrected chi connectivity index (χ0v) is 6.94. The average Bonchev–Trinajstić information content (AvgIpc) is 2.37. The van der Waals surface area contributed by atoms with Gasteiger partial charge in [0.05, 0.1) is 12.0 Å². The van der Waals surface area contributed by atoms with Crippen LogP contribution in [0.4, 0.5) is 0 Å². The summed E-state index contributed by atoms with van der Waals surface area (Å²) in [6.45, 7) is 0. The largest absolute Gasteiger partial charge is 0.481 e. The number of aliphatic hydroxyl groups excluding tert-OH is 1. The maximum atomic E-state index is 10.8. The highest BCUT2D eigenvalue weighted by Gasteiger charge is 2.44. The van der Waals surface area contributed by atoms with Crippen LogP contribution in [0, 0.1) is 17.8 Å². The second-order valence-corrected chi connectivity index (χ2v) is 4.08. The molecule has 3 heteroatoms. The van der Waals surface area contributed by atoms with E-state index in [9.17, 15) is 9.90 Å². The van der Waals surface area contributed by atoms with Gasteiger partial charge in [0.25, 0.3) is 0 Å². The van der Waals surface area contributed by atoms with Gasteiger partial charge in [-0.2, -0.15) is 0 Å². The van der Waals surface area contributed by atoms with Crippen molar-refractivity contribution in [1.29, 1.82) is 0 Å². The molecule has 2 fully saturated rings. The van der Waals surface area contributed by atoms with Crippen molar-refractivity contribution in [2.45, 2.75) is 31.8 Å². The number of aliphatic hydroxyl groups is 1. The van der Waals surface area contributed by atoms with Crippen LogP contribution in [-0.2, 0) is 4.79 Å². The number of hydrogen-bond acceptors (Lipinski definition) is 2. The van der Waals surface area contributed by atoms with Gasteiger partial charge in [0.15, 0.2) is 0 Å². The Hall–Kier alpha value is -0.570. The predicted molar refractivity (Wildman–Crippen MR) is 42.6 cm³/mol. The third-order valence-corrected chi connectivity index (χ3v) is 3.43. The number of fused-ring (bicyclic) bond motifs is 2. The molecule has 0 radical (unpaired) electrons. The molecule has 0 unspecified atom stereocenters. The Balaban J connectivity index is 2.10. The smallest absolute Gasteiger partial charge is 0.306 e. The minimum atomic E-state index is -0.670. The van der Waals surface area contributed by atoms with Crippen LogP contribution in [0.3, 0.4) is 0 Å². The lowest BCUT2D eigenvalue weighted by atomic mass is 9.85. The number of rotatable bonds is 1. The van der Waals surface area contributed by atoms with Crippen LogP contribution in [0.15, 0.2) is 0 Å². The standard InChI is InChI=1S/C9H14O3/c10-8-2-1-5-3-6(8)4-7(5)9(11)12/h5-8,10H,1-4H2,(H,11,12)/t5-,6-,7+,8+/m1/s1. The summed E-state index contributed by atoms with van der Waals surface area (Å²) in [5, 5.41) is 18.4. The van der Waals surface area contributed by atoms with Crippen molar-refractivity contribution in [1.82, 2.24) is 0 Å². The second kappa shape index (κ2) is 2.73. The molecule has 2 rings (SSSR count). The van der Waals surface area contributed by atoms with Crippen molar-refractivity contribution < 1.29 is 15.0 Å². The Kier molecular flexibility index (Phi) is 1.83. The molecule has 0 aromatic heterocycles. The van der Waals surface area contributed by atoms with Crippen molar-refractivity contribution in [3.05, 3.63) is 0 Å². The first-order chi connectivity index (χ1) is 5.68. The first-order valence-electron chi connectivity index (χ1n) is 4.59. The maximum absolute atomic E-state index is 10.8. The summed E-state index contributed by atoms with van der Waals surface area (Å²) in [7, 11) is 0. The van der Waals surface area contributed by atoms with Crippen LogP contribution in [0.5, 0.6) is 0 Å². The van der Waals surface area contributed by atoms with Gasteiger partial charge in [-0.05, 0) is 37.5 Å². The number of carboxylic acid groups (broad SMARTS) is 1. The zero-order valence-electron chi connectivity index (χ0n) is 6.94. The van der Waals surface area contributed by atoms with Gasteiger partial charge in [0, 0.05) is 0 Å². The molecule has 2 aliphatic carbocycles. The van der Waals surface area contributed by atoms with Crippen LogP contribution in [0.1, 0.15) is 25.7 Å². The summed E-state index contributed by atoms with van der Waals surface area (Å²) in [4.78, 5) is 10.8. The summed E-state index contributed by atoms with van der Waals surface area (Å²) in [6, 6.07) is 0. The predicted octanol–water partition coefficient (Wildman–Crippen LogP) is 0.868. The molecule has 4 atom stereocenters. The molecule has 0 aliphatic heterocycles. The number of carbonyl (C=O) groups is 1. The Bertz CT molecular complexity index is 202. The Morgan fingerprint density at radius 1 is 1.17 bits per heavy atom. The monoisotopic (exact) mass is 170 g/mol. The van der Waals surface area contributed by atoms with E-state index in [1.807, 2.05) is 0 Å². The lowest BCUT2D eigenvalue weighted by Gasteiger charge is -2.24. The minimum Gasteiger partial charge on any atom is -0.481 e. The first kappa shape index (κ1) is 8.05. The average molecular weight is 170 g/mol. The van der Waals surface area contributed by atoms with Crippen LogP contribution < -0.4 is 0 Å². The molecular formula is C9H14O3. The van der Waals surface area contributed by atoms with E-state index in [0.717, 1.165) is 19.3 Å². The molecule has 0 aromatic rings. The van der Waals surface area contributed by atoms with Gasteiger partial charge in [-0.1, -0.05) is 0 Å². The van der Waals surface area contributed by atoms with Gasteiger partial charge in [-0.3, -0.25) is 4.79 Å². The summed E-state index contributed by atoms with van der Waals surface area (Å²) in [6.07, 6.45) is 3.10. The number of aliphatic carboxylic acids is 1. The molecule has 2 aliphatic rings. The van der Waals surface area contributed by atoms with E-state index < -0.39 is 5.97 Å². The zero-order chi connectivity index (χ0) is 8.72.